The van der Waals surface area contributed by atoms with Crippen LogP contribution in [0.2, 0.25) is 0 Å². The number of carbonyl (C=O) groups excluding carboxylic acids is 2. The van der Waals surface area contributed by atoms with Gasteiger partial charge in [-0.15, -0.1) is 12.4 Å². The molecule has 2 rings (SSSR count). The summed E-state index contributed by atoms with van der Waals surface area (Å²) in [6.45, 7) is 6.71. The molecule has 1 aromatic rings. The number of anilines is 1. The maximum atomic E-state index is 11.9. The van der Waals surface area contributed by atoms with Gasteiger partial charge in [-0.3, -0.25) is 10.1 Å². The number of benzene rings is 1. The van der Waals surface area contributed by atoms with Crippen LogP contribution >= 0.6 is 12.4 Å². The minimum Gasteiger partial charge on any atom is -0.327 e. The van der Waals surface area contributed by atoms with Crippen LogP contribution in [-0.4, -0.2) is 42.5 Å². The summed E-state index contributed by atoms with van der Waals surface area (Å²) in [5.41, 5.74) is 6.82. The number of hydrogen-bond acceptors (Lipinski definition) is 4. The van der Waals surface area contributed by atoms with Gasteiger partial charge in [0, 0.05) is 31.2 Å². The fourth-order valence-corrected chi connectivity index (χ4v) is 2.81. The quantitative estimate of drug-likeness (QED) is 0.773. The predicted molar refractivity (Wildman–Crippen MR) is 98.3 cm³/mol. The van der Waals surface area contributed by atoms with Crippen LogP contribution < -0.4 is 16.4 Å². The Hall–Kier alpha value is -1.63. The second-order valence-corrected chi connectivity index (χ2v) is 6.78. The lowest BCUT2D eigenvalue weighted by Crippen LogP contribution is -2.52. The highest BCUT2D eigenvalue weighted by Crippen LogP contribution is 2.27. The molecule has 6 nitrogen and oxygen atoms in total. The van der Waals surface area contributed by atoms with Crippen molar-refractivity contribution < 1.29 is 9.59 Å². The van der Waals surface area contributed by atoms with Crippen molar-refractivity contribution in [3.05, 3.63) is 30.3 Å². The van der Waals surface area contributed by atoms with Gasteiger partial charge in [-0.1, -0.05) is 32.0 Å². The molecule has 24 heavy (non-hydrogen) atoms. The average Bonchev–Trinajstić information content (AvgIpc) is 2.49. The fourth-order valence-electron chi connectivity index (χ4n) is 2.81. The number of amides is 3. The molecule has 1 aliphatic rings. The molecular weight excluding hydrogens is 328 g/mol. The Kier molecular flexibility index (Phi) is 7.66. The minimum absolute atomic E-state index is 0. The van der Waals surface area contributed by atoms with Gasteiger partial charge in [0.1, 0.15) is 0 Å². The van der Waals surface area contributed by atoms with Crippen LogP contribution in [0.25, 0.3) is 0 Å². The van der Waals surface area contributed by atoms with E-state index in [2.05, 4.69) is 29.4 Å². The molecule has 0 radical (unpaired) electrons. The molecule has 0 aromatic heterocycles. The van der Waals surface area contributed by atoms with Crippen molar-refractivity contribution in [2.75, 3.05) is 25.0 Å². The van der Waals surface area contributed by atoms with Gasteiger partial charge in [-0.25, -0.2) is 4.79 Å². The number of halogens is 1. The first kappa shape index (κ1) is 20.4. The average molecular weight is 355 g/mol. The highest BCUT2D eigenvalue weighted by molar-refractivity contribution is 6.01. The molecule has 4 N–H and O–H groups in total. The smallest absolute Gasteiger partial charge is 0.325 e. The SMILES string of the molecule is CC1(C)CN(CCC(=O)NC(=O)Nc2ccccc2)CCC1N.Cl. The molecule has 3 amide bonds. The summed E-state index contributed by atoms with van der Waals surface area (Å²) in [4.78, 5) is 25.9. The Morgan fingerprint density at radius 1 is 1.29 bits per heavy atom. The normalized spacial score (nSPS) is 19.9. The number of rotatable bonds is 4. The predicted octanol–water partition coefficient (Wildman–Crippen LogP) is 2.21. The van der Waals surface area contributed by atoms with Crippen molar-refractivity contribution in [1.82, 2.24) is 10.2 Å². The molecule has 7 heteroatoms. The van der Waals surface area contributed by atoms with Gasteiger partial charge in [0.2, 0.25) is 5.91 Å². The molecule has 0 aliphatic carbocycles. The van der Waals surface area contributed by atoms with Gasteiger partial charge in [0.25, 0.3) is 0 Å². The molecule has 1 saturated heterocycles. The molecule has 1 aliphatic heterocycles. The number of hydrogen-bond donors (Lipinski definition) is 3. The van der Waals surface area contributed by atoms with Crippen molar-refractivity contribution in [3.63, 3.8) is 0 Å². The molecule has 1 atom stereocenters. The highest BCUT2D eigenvalue weighted by atomic mass is 35.5. The van der Waals surface area contributed by atoms with Gasteiger partial charge in [0.05, 0.1) is 0 Å². The Balaban J connectivity index is 0.00000288. The van der Waals surface area contributed by atoms with Crippen LogP contribution in [0.3, 0.4) is 0 Å². The van der Waals surface area contributed by atoms with E-state index in [0.717, 1.165) is 19.5 Å². The third-order valence-electron chi connectivity index (χ3n) is 4.33. The summed E-state index contributed by atoms with van der Waals surface area (Å²) in [5.74, 6) is -0.272. The lowest BCUT2D eigenvalue weighted by Gasteiger charge is -2.42. The van der Waals surface area contributed by atoms with Crippen molar-refractivity contribution in [1.29, 1.82) is 0 Å². The van der Waals surface area contributed by atoms with E-state index in [1.807, 2.05) is 18.2 Å². The Morgan fingerprint density at radius 2 is 1.96 bits per heavy atom. The largest absolute Gasteiger partial charge is 0.327 e. The zero-order chi connectivity index (χ0) is 16.9. The highest BCUT2D eigenvalue weighted by Gasteiger charge is 2.33. The molecule has 1 aromatic carbocycles. The molecule has 1 unspecified atom stereocenters. The topological polar surface area (TPSA) is 87.5 Å². The number of likely N-dealkylation sites (tertiary alicyclic amines) is 1. The number of urea groups is 1. The Labute approximate surface area is 149 Å². The summed E-state index contributed by atoms with van der Waals surface area (Å²) in [6.07, 6.45) is 1.23. The first-order valence-electron chi connectivity index (χ1n) is 8.00. The molecular formula is C17H27ClN4O2. The van der Waals surface area contributed by atoms with Gasteiger partial charge in [-0.05, 0) is 30.5 Å². The van der Waals surface area contributed by atoms with E-state index in [0.29, 0.717) is 18.7 Å². The van der Waals surface area contributed by atoms with Crippen LogP contribution in [0.5, 0.6) is 0 Å². The van der Waals surface area contributed by atoms with Crippen LogP contribution in [0, 0.1) is 5.41 Å². The maximum absolute atomic E-state index is 11.9. The van der Waals surface area contributed by atoms with E-state index in [-0.39, 0.29) is 29.8 Å². The number of nitrogens with zero attached hydrogens (tertiary/aromatic N) is 1. The number of carbonyl (C=O) groups is 2. The van der Waals surface area contributed by atoms with Crippen molar-refractivity contribution in [2.45, 2.75) is 32.7 Å². The van der Waals surface area contributed by atoms with Crippen LogP contribution in [0.1, 0.15) is 26.7 Å². The summed E-state index contributed by atoms with van der Waals surface area (Å²) in [7, 11) is 0. The molecule has 0 bridgehead atoms. The fraction of sp³-hybridized carbons (Fsp3) is 0.529. The van der Waals surface area contributed by atoms with Gasteiger partial charge in [-0.2, -0.15) is 0 Å². The second-order valence-electron chi connectivity index (χ2n) is 6.78. The molecule has 1 heterocycles. The van der Waals surface area contributed by atoms with E-state index >= 15 is 0 Å². The Morgan fingerprint density at radius 3 is 2.58 bits per heavy atom. The van der Waals surface area contributed by atoms with Crippen molar-refractivity contribution >= 4 is 30.0 Å². The molecule has 134 valence electrons. The van der Waals surface area contributed by atoms with E-state index in [1.165, 1.54) is 0 Å². The van der Waals surface area contributed by atoms with Crippen LogP contribution in [0.4, 0.5) is 10.5 Å². The van der Waals surface area contributed by atoms with Gasteiger partial charge in [0.15, 0.2) is 0 Å². The first-order valence-corrected chi connectivity index (χ1v) is 8.00. The molecule has 1 fully saturated rings. The summed E-state index contributed by atoms with van der Waals surface area (Å²) >= 11 is 0. The first-order chi connectivity index (χ1) is 10.9. The van der Waals surface area contributed by atoms with Gasteiger partial charge >= 0.3 is 6.03 Å². The number of imide groups is 1. The number of para-hydroxylation sites is 1. The van der Waals surface area contributed by atoms with E-state index in [4.69, 9.17) is 5.73 Å². The zero-order valence-electron chi connectivity index (χ0n) is 14.2. The summed E-state index contributed by atoms with van der Waals surface area (Å²) in [5, 5.41) is 4.99. The van der Waals surface area contributed by atoms with Crippen molar-refractivity contribution in [3.8, 4) is 0 Å². The monoisotopic (exact) mass is 354 g/mol. The number of nitrogens with two attached hydrogens (primary N) is 1. The number of piperidine rings is 1. The zero-order valence-corrected chi connectivity index (χ0v) is 15.1. The van der Waals surface area contributed by atoms with Crippen molar-refractivity contribution in [2.24, 2.45) is 11.1 Å². The summed E-state index contributed by atoms with van der Waals surface area (Å²) < 4.78 is 0. The lowest BCUT2D eigenvalue weighted by molar-refractivity contribution is -0.120. The lowest BCUT2D eigenvalue weighted by atomic mass is 9.80. The van der Waals surface area contributed by atoms with Crippen LogP contribution in [0.15, 0.2) is 30.3 Å². The number of nitrogens with one attached hydrogen (secondary N) is 2. The second kappa shape index (κ2) is 9.01. The maximum Gasteiger partial charge on any atom is 0.325 e. The van der Waals surface area contributed by atoms with E-state index in [9.17, 15) is 9.59 Å². The van der Waals surface area contributed by atoms with Crippen LogP contribution in [-0.2, 0) is 4.79 Å². The van der Waals surface area contributed by atoms with E-state index in [1.54, 1.807) is 12.1 Å². The third kappa shape index (κ3) is 6.11. The molecule has 0 saturated carbocycles. The molecule has 0 spiro atoms. The standard InChI is InChI=1S/C17H26N4O2.ClH/c1-17(2)12-21(10-8-14(17)18)11-9-15(22)20-16(23)19-13-6-4-3-5-7-13;/h3-7,14H,8-12,18H2,1-2H3,(H2,19,20,22,23);1H. The van der Waals surface area contributed by atoms with E-state index < -0.39 is 6.03 Å². The minimum atomic E-state index is -0.498. The van der Waals surface area contributed by atoms with Gasteiger partial charge < -0.3 is 16.0 Å². The summed E-state index contributed by atoms with van der Waals surface area (Å²) in [6, 6.07) is 8.74. The third-order valence-corrected chi connectivity index (χ3v) is 4.33. The Bertz CT molecular complexity index is 551.